The number of carbonyl (C=O) groups is 1. The molecule has 3 saturated carbocycles. The van der Waals surface area contributed by atoms with Crippen molar-refractivity contribution in [1.82, 2.24) is 4.98 Å². The summed E-state index contributed by atoms with van der Waals surface area (Å²) in [4.78, 5) is 16.3. The van der Waals surface area contributed by atoms with Crippen LogP contribution in [-0.2, 0) is 14.9 Å². The number of ether oxygens (including phenoxy) is 1. The number of nitrogens with zero attached hydrogens (tertiary/aromatic N) is 1. The Morgan fingerprint density at radius 1 is 1.21 bits per heavy atom. The van der Waals surface area contributed by atoms with Crippen LogP contribution in [-0.4, -0.2) is 18.1 Å². The second kappa shape index (κ2) is 4.32. The van der Waals surface area contributed by atoms with E-state index in [0.29, 0.717) is 0 Å². The SMILES string of the molecule is COC(=O)C12CCC(c3ccnc(C)c3)(CC1)CC2. The normalized spacial score (nSPS) is 33.2. The van der Waals surface area contributed by atoms with Crippen LogP contribution in [0.4, 0.5) is 0 Å². The van der Waals surface area contributed by atoms with Crippen molar-refractivity contribution in [2.45, 2.75) is 50.9 Å². The lowest BCUT2D eigenvalue weighted by Gasteiger charge is -2.52. The highest BCUT2D eigenvalue weighted by molar-refractivity contribution is 5.77. The number of methoxy groups -OCH3 is 1. The molecule has 3 heteroatoms. The van der Waals surface area contributed by atoms with Gasteiger partial charge in [-0.1, -0.05) is 0 Å². The van der Waals surface area contributed by atoms with Crippen molar-refractivity contribution in [2.24, 2.45) is 5.41 Å². The molecule has 0 aliphatic heterocycles. The van der Waals surface area contributed by atoms with E-state index in [-0.39, 0.29) is 16.8 Å². The van der Waals surface area contributed by atoms with Gasteiger partial charge in [0.1, 0.15) is 0 Å². The Labute approximate surface area is 114 Å². The third-order valence-electron chi connectivity index (χ3n) is 5.37. The zero-order chi connectivity index (χ0) is 13.5. The fourth-order valence-electron chi connectivity index (χ4n) is 4.02. The summed E-state index contributed by atoms with van der Waals surface area (Å²) < 4.78 is 5.02. The molecule has 0 unspecified atom stereocenters. The molecule has 3 nitrogen and oxygen atoms in total. The third-order valence-corrected chi connectivity index (χ3v) is 5.37. The summed E-state index contributed by atoms with van der Waals surface area (Å²) in [7, 11) is 1.51. The van der Waals surface area contributed by atoms with Gasteiger partial charge < -0.3 is 4.74 Å². The van der Waals surface area contributed by atoms with E-state index in [2.05, 4.69) is 17.1 Å². The topological polar surface area (TPSA) is 39.2 Å². The van der Waals surface area contributed by atoms with Crippen molar-refractivity contribution >= 4 is 5.97 Å². The summed E-state index contributed by atoms with van der Waals surface area (Å²) in [6.07, 6.45) is 8.14. The maximum absolute atomic E-state index is 12.0. The zero-order valence-electron chi connectivity index (χ0n) is 11.7. The van der Waals surface area contributed by atoms with E-state index in [9.17, 15) is 4.79 Å². The van der Waals surface area contributed by atoms with E-state index in [0.717, 1.165) is 44.2 Å². The average molecular weight is 259 g/mol. The lowest BCUT2D eigenvalue weighted by atomic mass is 9.52. The number of hydrogen-bond donors (Lipinski definition) is 0. The van der Waals surface area contributed by atoms with Gasteiger partial charge in [0.15, 0.2) is 0 Å². The van der Waals surface area contributed by atoms with Gasteiger partial charge in [0.05, 0.1) is 12.5 Å². The molecule has 3 aliphatic carbocycles. The lowest BCUT2D eigenvalue weighted by molar-refractivity contribution is -0.160. The quantitative estimate of drug-likeness (QED) is 0.766. The van der Waals surface area contributed by atoms with Gasteiger partial charge in [-0.2, -0.15) is 0 Å². The predicted molar refractivity (Wildman–Crippen MR) is 72.8 cm³/mol. The molecule has 19 heavy (non-hydrogen) atoms. The number of carbonyl (C=O) groups excluding carboxylic acids is 1. The predicted octanol–water partition coefficient (Wildman–Crippen LogP) is 3.16. The Morgan fingerprint density at radius 3 is 2.37 bits per heavy atom. The van der Waals surface area contributed by atoms with Crippen LogP contribution >= 0.6 is 0 Å². The molecule has 0 radical (unpaired) electrons. The summed E-state index contributed by atoms with van der Waals surface area (Å²) in [6, 6.07) is 4.37. The van der Waals surface area contributed by atoms with Gasteiger partial charge in [-0.15, -0.1) is 0 Å². The molecule has 0 atom stereocenters. The maximum Gasteiger partial charge on any atom is 0.311 e. The first-order valence-electron chi connectivity index (χ1n) is 7.12. The number of aryl methyl sites for hydroxylation is 1. The van der Waals surface area contributed by atoms with Crippen LogP contribution in [0.25, 0.3) is 0 Å². The molecule has 0 aromatic carbocycles. The third kappa shape index (κ3) is 1.87. The van der Waals surface area contributed by atoms with E-state index in [1.165, 1.54) is 12.7 Å². The molecule has 1 aromatic heterocycles. The van der Waals surface area contributed by atoms with Crippen molar-refractivity contribution in [1.29, 1.82) is 0 Å². The van der Waals surface area contributed by atoms with Crippen molar-refractivity contribution < 1.29 is 9.53 Å². The highest BCUT2D eigenvalue weighted by Gasteiger charge is 2.53. The summed E-state index contributed by atoms with van der Waals surface area (Å²) in [5.41, 5.74) is 2.60. The van der Waals surface area contributed by atoms with Crippen LogP contribution in [0, 0.1) is 12.3 Å². The molecule has 2 bridgehead atoms. The number of pyridine rings is 1. The number of hydrogen-bond acceptors (Lipinski definition) is 3. The Balaban J connectivity index is 1.87. The molecular weight excluding hydrogens is 238 g/mol. The largest absolute Gasteiger partial charge is 0.469 e. The molecule has 0 amide bonds. The van der Waals surface area contributed by atoms with Crippen LogP contribution in [0.1, 0.15) is 49.8 Å². The molecule has 1 heterocycles. The zero-order valence-corrected chi connectivity index (χ0v) is 11.7. The smallest absolute Gasteiger partial charge is 0.311 e. The average Bonchev–Trinajstić information content (AvgIpc) is 2.48. The van der Waals surface area contributed by atoms with E-state index >= 15 is 0 Å². The van der Waals surface area contributed by atoms with Gasteiger partial charge in [0, 0.05) is 11.9 Å². The van der Waals surface area contributed by atoms with Gasteiger partial charge in [-0.05, 0) is 68.6 Å². The molecular formula is C16H21NO2. The standard InChI is InChI=1S/C16H21NO2/c1-12-11-13(3-10-17-12)15-4-7-16(8-5-15,9-6-15)14(18)19-2/h3,10-11H,4-9H2,1-2H3. The fourth-order valence-corrected chi connectivity index (χ4v) is 4.02. The van der Waals surface area contributed by atoms with Crippen molar-refractivity contribution in [3.8, 4) is 0 Å². The van der Waals surface area contributed by atoms with Crippen LogP contribution in [0.15, 0.2) is 18.3 Å². The number of fused-ring (bicyclic) bond motifs is 3. The van der Waals surface area contributed by atoms with Crippen LogP contribution in [0.2, 0.25) is 0 Å². The minimum Gasteiger partial charge on any atom is -0.469 e. The molecule has 0 saturated heterocycles. The highest BCUT2D eigenvalue weighted by Crippen LogP contribution is 2.58. The van der Waals surface area contributed by atoms with Gasteiger partial charge >= 0.3 is 5.97 Å². The first-order chi connectivity index (χ1) is 9.10. The van der Waals surface area contributed by atoms with E-state index < -0.39 is 0 Å². The number of aromatic nitrogens is 1. The highest BCUT2D eigenvalue weighted by atomic mass is 16.5. The molecule has 3 aliphatic rings. The fraction of sp³-hybridized carbons (Fsp3) is 0.625. The van der Waals surface area contributed by atoms with Crippen LogP contribution < -0.4 is 0 Å². The van der Waals surface area contributed by atoms with E-state index in [1.807, 2.05) is 13.1 Å². The first-order valence-corrected chi connectivity index (χ1v) is 7.12. The van der Waals surface area contributed by atoms with E-state index in [1.54, 1.807) is 0 Å². The van der Waals surface area contributed by atoms with E-state index in [4.69, 9.17) is 4.74 Å². The summed E-state index contributed by atoms with van der Waals surface area (Å²) >= 11 is 0. The summed E-state index contributed by atoms with van der Waals surface area (Å²) in [5.74, 6) is 0.00621. The minimum atomic E-state index is -0.182. The summed E-state index contributed by atoms with van der Waals surface area (Å²) in [6.45, 7) is 2.05. The Bertz CT molecular complexity index is 485. The van der Waals surface area contributed by atoms with Gasteiger partial charge in [-0.25, -0.2) is 0 Å². The van der Waals surface area contributed by atoms with Crippen molar-refractivity contribution in [2.75, 3.05) is 7.11 Å². The number of esters is 1. The molecule has 0 spiro atoms. The number of rotatable bonds is 2. The molecule has 102 valence electrons. The molecule has 4 rings (SSSR count). The van der Waals surface area contributed by atoms with Crippen LogP contribution in [0.5, 0.6) is 0 Å². The second-order valence-corrected chi connectivity index (χ2v) is 6.24. The molecule has 1 aromatic rings. The van der Waals surface area contributed by atoms with Crippen molar-refractivity contribution in [3.05, 3.63) is 29.6 Å². The first kappa shape index (κ1) is 12.6. The molecule has 3 fully saturated rings. The van der Waals surface area contributed by atoms with Gasteiger partial charge in [0.25, 0.3) is 0 Å². The van der Waals surface area contributed by atoms with Crippen molar-refractivity contribution in [3.63, 3.8) is 0 Å². The Morgan fingerprint density at radius 2 is 1.84 bits per heavy atom. The van der Waals surface area contributed by atoms with Gasteiger partial charge in [-0.3, -0.25) is 9.78 Å². The molecule has 0 N–H and O–H groups in total. The second-order valence-electron chi connectivity index (χ2n) is 6.24. The Kier molecular flexibility index (Phi) is 2.88. The monoisotopic (exact) mass is 259 g/mol. The lowest BCUT2D eigenvalue weighted by Crippen LogP contribution is -2.48. The maximum atomic E-state index is 12.0. The summed E-state index contributed by atoms with van der Waals surface area (Å²) in [5, 5.41) is 0. The minimum absolute atomic E-state index is 0.00621. The van der Waals surface area contributed by atoms with Crippen LogP contribution in [0.3, 0.4) is 0 Å². The Hall–Kier alpha value is -1.38. The van der Waals surface area contributed by atoms with Gasteiger partial charge in [0.2, 0.25) is 0 Å².